The van der Waals surface area contributed by atoms with Crippen molar-refractivity contribution in [2.45, 2.75) is 76.8 Å². The highest BCUT2D eigenvalue weighted by atomic mass is 19.1. The number of likely N-dealkylation sites (tertiary alicyclic amines) is 1. The monoisotopic (exact) mass is 498 g/mol. The van der Waals surface area contributed by atoms with Crippen LogP contribution < -0.4 is 0 Å². The van der Waals surface area contributed by atoms with Crippen LogP contribution in [0.25, 0.3) is 11.3 Å². The number of carbonyl (C=O) groups is 1. The predicted molar refractivity (Wildman–Crippen MR) is 143 cm³/mol. The number of aromatic amines is 1. The van der Waals surface area contributed by atoms with Crippen molar-refractivity contribution < 1.29 is 9.18 Å². The average molecular weight is 499 g/mol. The lowest BCUT2D eigenvalue weighted by molar-refractivity contribution is 0.0421. The van der Waals surface area contributed by atoms with Crippen molar-refractivity contribution in [3.05, 3.63) is 76.2 Å². The standard InChI is InChI=1S/C31H35FN4O/c1-3-4-8-29-34-20-28(35-29)27-18-25(21(2)17-26(27)23-6-5-7-23)30(37)36-15-13-31(32,14-16-36)24-11-9-22(19-33)10-12-24/h9-12,17-18,20,23H,3-8,13-16H2,1-2H3,(H,34,35). The third-order valence-electron chi connectivity index (χ3n) is 8.23. The quantitative estimate of drug-likeness (QED) is 0.382. The Morgan fingerprint density at radius 1 is 1.22 bits per heavy atom. The summed E-state index contributed by atoms with van der Waals surface area (Å²) in [6.45, 7) is 4.91. The van der Waals surface area contributed by atoms with E-state index in [1.807, 2.05) is 19.2 Å². The van der Waals surface area contributed by atoms with Gasteiger partial charge in [-0.1, -0.05) is 38.0 Å². The molecule has 1 N–H and O–H groups in total. The summed E-state index contributed by atoms with van der Waals surface area (Å²) in [5.41, 5.74) is 4.63. The molecule has 1 saturated heterocycles. The van der Waals surface area contributed by atoms with Gasteiger partial charge in [0.25, 0.3) is 5.91 Å². The van der Waals surface area contributed by atoms with E-state index in [1.54, 1.807) is 29.2 Å². The summed E-state index contributed by atoms with van der Waals surface area (Å²) in [6, 6.07) is 13.0. The highest BCUT2D eigenvalue weighted by Gasteiger charge is 2.38. The topological polar surface area (TPSA) is 72.8 Å². The van der Waals surface area contributed by atoms with Gasteiger partial charge in [0.05, 0.1) is 23.5 Å². The van der Waals surface area contributed by atoms with Crippen LogP contribution in [0.15, 0.2) is 42.6 Å². The van der Waals surface area contributed by atoms with Gasteiger partial charge in [-0.25, -0.2) is 9.37 Å². The molecule has 5 nitrogen and oxygen atoms in total. The van der Waals surface area contributed by atoms with Crippen LogP contribution in [0, 0.1) is 18.3 Å². The number of nitrogens with zero attached hydrogens (tertiary/aromatic N) is 3. The minimum Gasteiger partial charge on any atom is -0.342 e. The summed E-state index contributed by atoms with van der Waals surface area (Å²) < 4.78 is 15.8. The van der Waals surface area contributed by atoms with Crippen LogP contribution in [-0.2, 0) is 12.1 Å². The van der Waals surface area contributed by atoms with Gasteiger partial charge in [0.15, 0.2) is 0 Å². The Balaban J connectivity index is 1.38. The van der Waals surface area contributed by atoms with Gasteiger partial charge in [-0.15, -0.1) is 0 Å². The molecule has 3 aromatic rings. The third kappa shape index (κ3) is 5.05. The van der Waals surface area contributed by atoms with E-state index in [-0.39, 0.29) is 18.7 Å². The number of nitriles is 1. The van der Waals surface area contributed by atoms with Gasteiger partial charge in [-0.05, 0) is 67.0 Å². The molecular formula is C31H35FN4O. The predicted octanol–water partition coefficient (Wildman–Crippen LogP) is 6.97. The number of hydrogen-bond acceptors (Lipinski definition) is 3. The molecule has 1 amide bonds. The normalized spacial score (nSPS) is 17.3. The van der Waals surface area contributed by atoms with Gasteiger partial charge in [0, 0.05) is 43.5 Å². The smallest absolute Gasteiger partial charge is 0.254 e. The van der Waals surface area contributed by atoms with Gasteiger partial charge < -0.3 is 9.88 Å². The van der Waals surface area contributed by atoms with Gasteiger partial charge >= 0.3 is 0 Å². The van der Waals surface area contributed by atoms with E-state index in [1.165, 1.54) is 24.8 Å². The van der Waals surface area contributed by atoms with Gasteiger partial charge in [-0.2, -0.15) is 5.26 Å². The second-order valence-electron chi connectivity index (χ2n) is 10.7. The number of H-pyrrole nitrogens is 1. The molecule has 1 aromatic heterocycles. The molecule has 2 heterocycles. The number of piperidine rings is 1. The molecule has 0 spiro atoms. The maximum atomic E-state index is 15.8. The summed E-state index contributed by atoms with van der Waals surface area (Å²) in [7, 11) is 0. The first-order chi connectivity index (χ1) is 17.9. The van der Waals surface area contributed by atoms with Crippen molar-refractivity contribution in [2.24, 2.45) is 0 Å². The zero-order valence-electron chi connectivity index (χ0n) is 21.8. The van der Waals surface area contributed by atoms with Crippen LogP contribution in [-0.4, -0.2) is 33.9 Å². The van der Waals surface area contributed by atoms with E-state index in [0.29, 0.717) is 35.7 Å². The second kappa shape index (κ2) is 10.5. The third-order valence-corrected chi connectivity index (χ3v) is 8.23. The van der Waals surface area contributed by atoms with E-state index in [9.17, 15) is 4.79 Å². The average Bonchev–Trinajstić information content (AvgIpc) is 3.35. The molecule has 1 saturated carbocycles. The largest absolute Gasteiger partial charge is 0.342 e. The van der Waals surface area contributed by atoms with Crippen LogP contribution in [0.1, 0.15) is 96.2 Å². The molecule has 0 atom stereocenters. The molecule has 1 aliphatic carbocycles. The molecule has 5 rings (SSSR count). The Kier molecular flexibility index (Phi) is 7.15. The van der Waals surface area contributed by atoms with Crippen molar-refractivity contribution in [1.82, 2.24) is 14.9 Å². The van der Waals surface area contributed by atoms with Crippen molar-refractivity contribution >= 4 is 5.91 Å². The molecule has 1 aliphatic heterocycles. The van der Waals surface area contributed by atoms with Crippen molar-refractivity contribution in [2.75, 3.05) is 13.1 Å². The summed E-state index contributed by atoms with van der Waals surface area (Å²) in [5, 5.41) is 9.03. The second-order valence-corrected chi connectivity index (χ2v) is 10.7. The van der Waals surface area contributed by atoms with E-state index >= 15 is 4.39 Å². The number of hydrogen-bond donors (Lipinski definition) is 1. The fraction of sp³-hybridized carbons (Fsp3) is 0.452. The fourth-order valence-corrected chi connectivity index (χ4v) is 5.59. The number of alkyl halides is 1. The maximum absolute atomic E-state index is 15.8. The molecule has 0 radical (unpaired) electrons. The number of aryl methyl sites for hydroxylation is 2. The van der Waals surface area contributed by atoms with Gasteiger partial charge in [0.2, 0.25) is 0 Å². The van der Waals surface area contributed by atoms with Gasteiger partial charge in [0.1, 0.15) is 11.5 Å². The molecule has 37 heavy (non-hydrogen) atoms. The van der Waals surface area contributed by atoms with E-state index in [0.717, 1.165) is 41.9 Å². The Hall–Kier alpha value is -3.46. The minimum atomic E-state index is -1.48. The van der Waals surface area contributed by atoms with Crippen LogP contribution in [0.3, 0.4) is 0 Å². The first kappa shape index (κ1) is 25.2. The maximum Gasteiger partial charge on any atom is 0.254 e. The Bertz CT molecular complexity index is 1310. The first-order valence-electron chi connectivity index (χ1n) is 13.6. The fourth-order valence-electron chi connectivity index (χ4n) is 5.59. The molecular weight excluding hydrogens is 463 g/mol. The molecule has 0 bridgehead atoms. The number of nitrogens with one attached hydrogen (secondary N) is 1. The minimum absolute atomic E-state index is 0.0356. The Morgan fingerprint density at radius 3 is 2.57 bits per heavy atom. The van der Waals surface area contributed by atoms with Gasteiger partial charge in [-0.3, -0.25) is 4.79 Å². The molecule has 2 aliphatic rings. The molecule has 2 fully saturated rings. The summed E-state index contributed by atoms with van der Waals surface area (Å²) in [6.07, 6.45) is 9.13. The lowest BCUT2D eigenvalue weighted by atomic mass is 9.76. The highest BCUT2D eigenvalue weighted by Crippen LogP contribution is 2.43. The number of aromatic nitrogens is 2. The number of unbranched alkanes of at least 4 members (excludes halogenated alkanes) is 1. The van der Waals surface area contributed by atoms with Crippen LogP contribution in [0.5, 0.6) is 0 Å². The SMILES string of the molecule is CCCCc1ncc(-c2cc(C(=O)N3CCC(F)(c4ccc(C#N)cc4)CC3)c(C)cc2C2CCC2)[nH]1. The number of halogens is 1. The summed E-state index contributed by atoms with van der Waals surface area (Å²) >= 11 is 0. The van der Waals surface area contributed by atoms with E-state index < -0.39 is 5.67 Å². The number of amides is 1. The number of carbonyl (C=O) groups excluding carboxylic acids is 1. The number of imidazole rings is 1. The molecule has 6 heteroatoms. The van der Waals surface area contributed by atoms with E-state index in [2.05, 4.69) is 29.0 Å². The molecule has 0 unspecified atom stereocenters. The van der Waals surface area contributed by atoms with Crippen molar-refractivity contribution in [1.29, 1.82) is 5.26 Å². The molecule has 192 valence electrons. The van der Waals surface area contributed by atoms with Crippen molar-refractivity contribution in [3.8, 4) is 17.3 Å². The zero-order valence-corrected chi connectivity index (χ0v) is 21.8. The van der Waals surface area contributed by atoms with Crippen molar-refractivity contribution in [3.63, 3.8) is 0 Å². The first-order valence-corrected chi connectivity index (χ1v) is 13.6. The summed E-state index contributed by atoms with van der Waals surface area (Å²) in [5.74, 6) is 1.48. The highest BCUT2D eigenvalue weighted by molar-refractivity contribution is 5.97. The van der Waals surface area contributed by atoms with Crippen LogP contribution >= 0.6 is 0 Å². The molecule has 2 aromatic carbocycles. The Morgan fingerprint density at radius 2 is 1.95 bits per heavy atom. The summed E-state index contributed by atoms with van der Waals surface area (Å²) in [4.78, 5) is 23.6. The lowest BCUT2D eigenvalue weighted by Crippen LogP contribution is -2.43. The van der Waals surface area contributed by atoms with Crippen LogP contribution in [0.4, 0.5) is 4.39 Å². The van der Waals surface area contributed by atoms with Crippen LogP contribution in [0.2, 0.25) is 0 Å². The lowest BCUT2D eigenvalue weighted by Gasteiger charge is -2.37. The Labute approximate surface area is 218 Å². The van der Waals surface area contributed by atoms with E-state index in [4.69, 9.17) is 5.26 Å². The number of rotatable bonds is 7. The zero-order chi connectivity index (χ0) is 26.0. The number of benzene rings is 2.